The van der Waals surface area contributed by atoms with E-state index in [-0.39, 0.29) is 6.10 Å². The topological polar surface area (TPSA) is 29.5 Å². The lowest BCUT2D eigenvalue weighted by Crippen LogP contribution is -2.11. The van der Waals surface area contributed by atoms with Crippen molar-refractivity contribution in [3.8, 4) is 0 Å². The van der Waals surface area contributed by atoms with Crippen molar-refractivity contribution in [3.63, 3.8) is 0 Å². The van der Waals surface area contributed by atoms with Crippen molar-refractivity contribution < 1.29 is 9.84 Å². The zero-order valence-corrected chi connectivity index (χ0v) is 9.80. The lowest BCUT2D eigenvalue weighted by atomic mass is 10.1. The number of ether oxygens (including phenoxy) is 1. The Morgan fingerprint density at radius 1 is 1.50 bits per heavy atom. The Balaban J connectivity index is 2.55. The van der Waals surface area contributed by atoms with Crippen molar-refractivity contribution >= 4 is 11.3 Å². The molecule has 1 atom stereocenters. The molecule has 0 radical (unpaired) electrons. The van der Waals surface area contributed by atoms with Crippen LogP contribution in [0.1, 0.15) is 37.3 Å². The van der Waals surface area contributed by atoms with Crippen molar-refractivity contribution in [1.82, 2.24) is 0 Å². The fraction of sp³-hybridized carbons (Fsp3) is 0.636. The van der Waals surface area contributed by atoms with Gasteiger partial charge in [0.15, 0.2) is 0 Å². The predicted octanol–water partition coefficient (Wildman–Crippen LogP) is 2.77. The third kappa shape index (κ3) is 3.08. The average molecular weight is 214 g/mol. The predicted molar refractivity (Wildman–Crippen MR) is 59.7 cm³/mol. The molecule has 0 amide bonds. The Bertz CT molecular complexity index is 268. The van der Waals surface area contributed by atoms with Crippen LogP contribution in [0.4, 0.5) is 0 Å². The van der Waals surface area contributed by atoms with Crippen LogP contribution in [-0.4, -0.2) is 17.8 Å². The largest absolute Gasteiger partial charge is 0.385 e. The fourth-order valence-electron chi connectivity index (χ4n) is 1.29. The SMILES string of the molecule is CCc1ccsc1C(O)COC(C)C. The van der Waals surface area contributed by atoms with E-state index >= 15 is 0 Å². The highest BCUT2D eigenvalue weighted by molar-refractivity contribution is 7.10. The van der Waals surface area contributed by atoms with E-state index in [1.54, 1.807) is 11.3 Å². The molecule has 0 saturated heterocycles. The van der Waals surface area contributed by atoms with E-state index < -0.39 is 6.10 Å². The molecule has 3 heteroatoms. The van der Waals surface area contributed by atoms with Crippen molar-refractivity contribution in [1.29, 1.82) is 0 Å². The number of hydrogen-bond donors (Lipinski definition) is 1. The number of aliphatic hydroxyl groups is 1. The molecule has 1 aromatic rings. The molecule has 0 aliphatic rings. The van der Waals surface area contributed by atoms with Gasteiger partial charge >= 0.3 is 0 Å². The molecule has 0 aliphatic heterocycles. The smallest absolute Gasteiger partial charge is 0.112 e. The third-order valence-corrected chi connectivity index (χ3v) is 3.11. The van der Waals surface area contributed by atoms with Crippen molar-refractivity contribution in [2.75, 3.05) is 6.61 Å². The summed E-state index contributed by atoms with van der Waals surface area (Å²) in [6, 6.07) is 2.07. The highest BCUT2D eigenvalue weighted by atomic mass is 32.1. The molecule has 0 fully saturated rings. The zero-order valence-electron chi connectivity index (χ0n) is 8.99. The summed E-state index contributed by atoms with van der Waals surface area (Å²) in [7, 11) is 0. The number of hydrogen-bond acceptors (Lipinski definition) is 3. The molecule has 2 nitrogen and oxygen atoms in total. The molecule has 1 N–H and O–H groups in total. The maximum absolute atomic E-state index is 9.86. The van der Waals surface area contributed by atoms with E-state index in [0.717, 1.165) is 11.3 Å². The molecular formula is C11H18O2S. The first-order valence-electron chi connectivity index (χ1n) is 5.01. The molecule has 0 saturated carbocycles. The maximum Gasteiger partial charge on any atom is 0.112 e. The van der Waals surface area contributed by atoms with Gasteiger partial charge in [0.05, 0.1) is 12.7 Å². The Labute approximate surface area is 89.5 Å². The molecule has 14 heavy (non-hydrogen) atoms. The van der Waals surface area contributed by atoms with Gasteiger partial charge in [0.25, 0.3) is 0 Å². The van der Waals surface area contributed by atoms with Gasteiger partial charge in [-0.3, -0.25) is 0 Å². The van der Waals surface area contributed by atoms with Crippen molar-refractivity contribution in [2.45, 2.75) is 39.4 Å². The molecular weight excluding hydrogens is 196 g/mol. The second kappa shape index (κ2) is 5.49. The summed E-state index contributed by atoms with van der Waals surface area (Å²) in [6.45, 7) is 6.44. The molecule has 1 aromatic heterocycles. The minimum atomic E-state index is -0.465. The van der Waals surface area contributed by atoms with Gasteiger partial charge in [0, 0.05) is 4.88 Å². The number of aryl methyl sites for hydroxylation is 1. The Kier molecular flexibility index (Phi) is 4.58. The highest BCUT2D eigenvalue weighted by Gasteiger charge is 2.13. The standard InChI is InChI=1S/C11H18O2S/c1-4-9-5-6-14-11(9)10(12)7-13-8(2)3/h5-6,8,10,12H,4,7H2,1-3H3. The van der Waals surface area contributed by atoms with E-state index in [1.165, 1.54) is 5.56 Å². The van der Waals surface area contributed by atoms with Gasteiger partial charge in [-0.05, 0) is 37.3 Å². The molecule has 0 bridgehead atoms. The molecule has 0 aromatic carbocycles. The van der Waals surface area contributed by atoms with E-state index in [0.29, 0.717) is 6.61 Å². The first-order chi connectivity index (χ1) is 6.65. The van der Waals surface area contributed by atoms with Crippen LogP contribution >= 0.6 is 11.3 Å². The van der Waals surface area contributed by atoms with E-state index in [1.807, 2.05) is 19.2 Å². The summed E-state index contributed by atoms with van der Waals surface area (Å²) in [5.41, 5.74) is 1.23. The highest BCUT2D eigenvalue weighted by Crippen LogP contribution is 2.25. The van der Waals surface area contributed by atoms with Crippen LogP contribution in [0.25, 0.3) is 0 Å². The summed E-state index contributed by atoms with van der Waals surface area (Å²) in [5.74, 6) is 0. The lowest BCUT2D eigenvalue weighted by molar-refractivity contribution is 0.00605. The average Bonchev–Trinajstić information content (AvgIpc) is 2.61. The van der Waals surface area contributed by atoms with Gasteiger partial charge in [-0.25, -0.2) is 0 Å². The number of rotatable bonds is 5. The van der Waals surface area contributed by atoms with E-state index in [2.05, 4.69) is 13.0 Å². The van der Waals surface area contributed by atoms with Gasteiger partial charge in [-0.1, -0.05) is 6.92 Å². The zero-order chi connectivity index (χ0) is 10.6. The van der Waals surface area contributed by atoms with E-state index in [9.17, 15) is 5.11 Å². The maximum atomic E-state index is 9.86. The van der Waals surface area contributed by atoms with Gasteiger partial charge in [-0.2, -0.15) is 0 Å². The molecule has 80 valence electrons. The van der Waals surface area contributed by atoms with Crippen molar-refractivity contribution in [3.05, 3.63) is 21.9 Å². The van der Waals surface area contributed by atoms with Gasteiger partial charge < -0.3 is 9.84 Å². The quantitative estimate of drug-likeness (QED) is 0.816. The Morgan fingerprint density at radius 2 is 2.21 bits per heavy atom. The first-order valence-corrected chi connectivity index (χ1v) is 5.89. The minimum Gasteiger partial charge on any atom is -0.385 e. The second-order valence-electron chi connectivity index (χ2n) is 3.56. The van der Waals surface area contributed by atoms with Gasteiger partial charge in [0.2, 0.25) is 0 Å². The number of aliphatic hydroxyl groups excluding tert-OH is 1. The molecule has 1 unspecified atom stereocenters. The van der Waals surface area contributed by atoms with Crippen LogP contribution in [0.5, 0.6) is 0 Å². The summed E-state index contributed by atoms with van der Waals surface area (Å²) < 4.78 is 5.38. The summed E-state index contributed by atoms with van der Waals surface area (Å²) >= 11 is 1.60. The van der Waals surface area contributed by atoms with E-state index in [4.69, 9.17) is 4.74 Å². The first kappa shape index (κ1) is 11.7. The summed E-state index contributed by atoms with van der Waals surface area (Å²) in [4.78, 5) is 1.05. The Morgan fingerprint density at radius 3 is 2.79 bits per heavy atom. The molecule has 1 rings (SSSR count). The molecule has 1 heterocycles. The molecule has 0 aliphatic carbocycles. The minimum absolute atomic E-state index is 0.176. The van der Waals surface area contributed by atoms with Gasteiger partial charge in [0.1, 0.15) is 6.10 Å². The van der Waals surface area contributed by atoms with Crippen LogP contribution in [0.3, 0.4) is 0 Å². The summed E-state index contributed by atoms with van der Waals surface area (Å²) in [5, 5.41) is 11.9. The number of thiophene rings is 1. The third-order valence-electron chi connectivity index (χ3n) is 2.05. The Hall–Kier alpha value is -0.380. The summed E-state index contributed by atoms with van der Waals surface area (Å²) in [6.07, 6.45) is 0.680. The van der Waals surface area contributed by atoms with Crippen LogP contribution in [0.2, 0.25) is 0 Å². The van der Waals surface area contributed by atoms with Crippen molar-refractivity contribution in [2.24, 2.45) is 0 Å². The van der Waals surface area contributed by atoms with Crippen LogP contribution < -0.4 is 0 Å². The van der Waals surface area contributed by atoms with Crippen LogP contribution in [0, 0.1) is 0 Å². The lowest BCUT2D eigenvalue weighted by Gasteiger charge is -2.13. The monoisotopic (exact) mass is 214 g/mol. The van der Waals surface area contributed by atoms with Gasteiger partial charge in [-0.15, -0.1) is 11.3 Å². The van der Waals surface area contributed by atoms with Crippen LogP contribution in [0.15, 0.2) is 11.4 Å². The molecule has 0 spiro atoms. The fourth-order valence-corrected chi connectivity index (χ4v) is 2.26. The van der Waals surface area contributed by atoms with Crippen LogP contribution in [-0.2, 0) is 11.2 Å². The normalized spacial score (nSPS) is 13.5. The second-order valence-corrected chi connectivity index (χ2v) is 4.51.